The third-order valence-corrected chi connectivity index (χ3v) is 3.14. The molecule has 6 heteroatoms. The number of amides is 1. The number of anilines is 2. The van der Waals surface area contributed by atoms with Crippen LogP contribution in [0, 0.1) is 0 Å². The summed E-state index contributed by atoms with van der Waals surface area (Å²) in [6, 6.07) is 11.6. The molecule has 0 aliphatic heterocycles. The smallest absolute Gasteiger partial charge is 0.269 e. The fourth-order valence-corrected chi connectivity index (χ4v) is 1.95. The van der Waals surface area contributed by atoms with E-state index in [1.54, 1.807) is 12.1 Å². The van der Waals surface area contributed by atoms with Crippen molar-refractivity contribution < 1.29 is 4.79 Å². The third-order valence-electron chi connectivity index (χ3n) is 3.14. The van der Waals surface area contributed by atoms with Gasteiger partial charge in [0.1, 0.15) is 0 Å². The zero-order valence-corrected chi connectivity index (χ0v) is 12.4. The molecule has 0 radical (unpaired) electrons. The largest absolute Gasteiger partial charge is 0.378 e. The van der Waals surface area contributed by atoms with Crippen molar-refractivity contribution in [1.82, 2.24) is 10.2 Å². The number of aromatic nitrogens is 2. The van der Waals surface area contributed by atoms with Gasteiger partial charge in [0.05, 0.1) is 0 Å². The van der Waals surface area contributed by atoms with Crippen LogP contribution in [0.5, 0.6) is 0 Å². The number of nitrogens with zero attached hydrogens (tertiary/aromatic N) is 4. The highest BCUT2D eigenvalue weighted by atomic mass is 16.1. The van der Waals surface area contributed by atoms with E-state index in [2.05, 4.69) is 33.3 Å². The van der Waals surface area contributed by atoms with Crippen molar-refractivity contribution in [3.63, 3.8) is 0 Å². The van der Waals surface area contributed by atoms with E-state index in [1.807, 2.05) is 32.1 Å². The van der Waals surface area contributed by atoms with Crippen LogP contribution in [0.2, 0.25) is 0 Å². The van der Waals surface area contributed by atoms with E-state index in [-0.39, 0.29) is 5.69 Å². The standard InChI is InChI=1S/C15H19N5O/c1-19(2)12-6-4-5-11(9-12)10-20(3)14-8-7-13(15(16)21)17-18-14/h4-9H,10H2,1-3H3,(H2,16,21). The van der Waals surface area contributed by atoms with Crippen molar-refractivity contribution in [1.29, 1.82) is 0 Å². The van der Waals surface area contributed by atoms with E-state index in [0.717, 1.165) is 5.69 Å². The van der Waals surface area contributed by atoms with Crippen LogP contribution in [-0.4, -0.2) is 37.2 Å². The quantitative estimate of drug-likeness (QED) is 0.895. The second-order valence-electron chi connectivity index (χ2n) is 5.06. The summed E-state index contributed by atoms with van der Waals surface area (Å²) >= 11 is 0. The lowest BCUT2D eigenvalue weighted by Gasteiger charge is -2.19. The van der Waals surface area contributed by atoms with E-state index < -0.39 is 5.91 Å². The molecular weight excluding hydrogens is 266 g/mol. The number of benzene rings is 1. The summed E-state index contributed by atoms with van der Waals surface area (Å²) in [5.74, 6) is 0.116. The average molecular weight is 285 g/mol. The van der Waals surface area contributed by atoms with E-state index >= 15 is 0 Å². The predicted molar refractivity (Wildman–Crippen MR) is 83.4 cm³/mol. The van der Waals surface area contributed by atoms with Gasteiger partial charge in [-0.3, -0.25) is 4.79 Å². The van der Waals surface area contributed by atoms with Crippen molar-refractivity contribution in [3.05, 3.63) is 47.7 Å². The Morgan fingerprint density at radius 1 is 1.14 bits per heavy atom. The molecule has 0 bridgehead atoms. The van der Waals surface area contributed by atoms with Gasteiger partial charge in [0.15, 0.2) is 11.5 Å². The summed E-state index contributed by atoms with van der Waals surface area (Å²) in [7, 11) is 5.95. The fraction of sp³-hybridized carbons (Fsp3) is 0.267. The monoisotopic (exact) mass is 285 g/mol. The Hall–Kier alpha value is -2.63. The third kappa shape index (κ3) is 3.68. The molecule has 0 unspecified atom stereocenters. The molecule has 0 fully saturated rings. The number of hydrogen-bond donors (Lipinski definition) is 1. The van der Waals surface area contributed by atoms with Crippen molar-refractivity contribution in [3.8, 4) is 0 Å². The second kappa shape index (κ2) is 6.21. The van der Waals surface area contributed by atoms with Crippen LogP contribution in [0.4, 0.5) is 11.5 Å². The zero-order chi connectivity index (χ0) is 15.4. The van der Waals surface area contributed by atoms with Crippen LogP contribution in [0.1, 0.15) is 16.1 Å². The molecule has 0 atom stereocenters. The van der Waals surface area contributed by atoms with Crippen LogP contribution in [0.15, 0.2) is 36.4 Å². The molecule has 0 saturated carbocycles. The van der Waals surface area contributed by atoms with Gasteiger partial charge in [-0.1, -0.05) is 12.1 Å². The van der Waals surface area contributed by atoms with Crippen molar-refractivity contribution in [2.45, 2.75) is 6.54 Å². The maximum Gasteiger partial charge on any atom is 0.269 e. The molecule has 1 heterocycles. The molecule has 1 aromatic carbocycles. The van der Waals surface area contributed by atoms with Crippen molar-refractivity contribution >= 4 is 17.4 Å². The predicted octanol–water partition coefficient (Wildman–Crippen LogP) is 1.28. The zero-order valence-electron chi connectivity index (χ0n) is 12.4. The molecular formula is C15H19N5O. The lowest BCUT2D eigenvalue weighted by molar-refractivity contribution is 0.0994. The highest BCUT2D eigenvalue weighted by Crippen LogP contribution is 2.17. The first-order valence-corrected chi connectivity index (χ1v) is 6.58. The van der Waals surface area contributed by atoms with E-state index in [9.17, 15) is 4.79 Å². The van der Waals surface area contributed by atoms with E-state index in [4.69, 9.17) is 5.73 Å². The summed E-state index contributed by atoms with van der Waals surface area (Å²) in [6.07, 6.45) is 0. The Balaban J connectivity index is 2.12. The minimum absolute atomic E-state index is 0.168. The topological polar surface area (TPSA) is 75.3 Å². The first kappa shape index (κ1) is 14.8. The van der Waals surface area contributed by atoms with E-state index in [0.29, 0.717) is 12.4 Å². The fourth-order valence-electron chi connectivity index (χ4n) is 1.95. The highest BCUT2D eigenvalue weighted by Gasteiger charge is 2.08. The normalized spacial score (nSPS) is 10.2. The van der Waals surface area contributed by atoms with Crippen LogP contribution in [0.3, 0.4) is 0 Å². The van der Waals surface area contributed by atoms with Gasteiger partial charge in [-0.25, -0.2) is 0 Å². The summed E-state index contributed by atoms with van der Waals surface area (Å²) in [5, 5.41) is 7.83. The molecule has 0 saturated heterocycles. The average Bonchev–Trinajstić information content (AvgIpc) is 2.47. The van der Waals surface area contributed by atoms with Gasteiger partial charge in [0.2, 0.25) is 0 Å². The second-order valence-corrected chi connectivity index (χ2v) is 5.06. The molecule has 1 amide bonds. The molecule has 110 valence electrons. The minimum atomic E-state index is -0.574. The van der Waals surface area contributed by atoms with Gasteiger partial charge < -0.3 is 15.5 Å². The molecule has 0 aliphatic carbocycles. The summed E-state index contributed by atoms with van der Waals surface area (Å²) in [6.45, 7) is 0.701. The Kier molecular flexibility index (Phi) is 4.37. The van der Waals surface area contributed by atoms with Gasteiger partial charge in [-0.2, -0.15) is 0 Å². The first-order chi connectivity index (χ1) is 9.97. The molecule has 2 N–H and O–H groups in total. The maximum atomic E-state index is 11.0. The molecule has 1 aromatic heterocycles. The molecule has 2 rings (SSSR count). The van der Waals surface area contributed by atoms with Crippen molar-refractivity contribution in [2.24, 2.45) is 5.73 Å². The number of carbonyl (C=O) groups excluding carboxylic acids is 1. The van der Waals surface area contributed by atoms with E-state index in [1.165, 1.54) is 5.56 Å². The summed E-state index contributed by atoms with van der Waals surface area (Å²) < 4.78 is 0. The van der Waals surface area contributed by atoms with Gasteiger partial charge in [-0.05, 0) is 29.8 Å². The lowest BCUT2D eigenvalue weighted by Crippen LogP contribution is -2.20. The van der Waals surface area contributed by atoms with Gasteiger partial charge >= 0.3 is 0 Å². The maximum absolute atomic E-state index is 11.0. The SMILES string of the molecule is CN(C)c1cccc(CN(C)c2ccc(C(N)=O)nn2)c1. The number of primary amides is 1. The number of carbonyl (C=O) groups is 1. The lowest BCUT2D eigenvalue weighted by atomic mass is 10.2. The van der Waals surface area contributed by atoms with Crippen LogP contribution in [0.25, 0.3) is 0 Å². The molecule has 0 spiro atoms. The van der Waals surface area contributed by atoms with Crippen LogP contribution < -0.4 is 15.5 Å². The Labute approximate surface area is 124 Å². The highest BCUT2D eigenvalue weighted by molar-refractivity contribution is 5.90. The van der Waals surface area contributed by atoms with Gasteiger partial charge in [-0.15, -0.1) is 10.2 Å². The summed E-state index contributed by atoms with van der Waals surface area (Å²) in [4.78, 5) is 15.0. The molecule has 21 heavy (non-hydrogen) atoms. The van der Waals surface area contributed by atoms with Gasteiger partial charge in [0.25, 0.3) is 5.91 Å². The number of rotatable bonds is 5. The van der Waals surface area contributed by atoms with Crippen LogP contribution >= 0.6 is 0 Å². The number of hydrogen-bond acceptors (Lipinski definition) is 5. The summed E-state index contributed by atoms with van der Waals surface area (Å²) in [5.41, 5.74) is 7.64. The van der Waals surface area contributed by atoms with Crippen molar-refractivity contribution in [2.75, 3.05) is 30.9 Å². The first-order valence-electron chi connectivity index (χ1n) is 6.58. The Morgan fingerprint density at radius 3 is 2.48 bits per heavy atom. The molecule has 2 aromatic rings. The Morgan fingerprint density at radius 2 is 1.90 bits per heavy atom. The number of nitrogens with two attached hydrogens (primary N) is 1. The Bertz CT molecular complexity index is 624. The molecule has 0 aliphatic rings. The van der Waals surface area contributed by atoms with Crippen LogP contribution in [-0.2, 0) is 6.54 Å². The molecule has 6 nitrogen and oxygen atoms in total. The van der Waals surface area contributed by atoms with Gasteiger partial charge in [0, 0.05) is 33.4 Å². The minimum Gasteiger partial charge on any atom is -0.378 e.